The van der Waals surface area contributed by atoms with Crippen LogP contribution < -0.4 is 21.2 Å². The van der Waals surface area contributed by atoms with Crippen molar-refractivity contribution < 1.29 is 4.74 Å². The molecule has 0 spiro atoms. The van der Waals surface area contributed by atoms with Crippen molar-refractivity contribution in [3.63, 3.8) is 0 Å². The van der Waals surface area contributed by atoms with Gasteiger partial charge in [0.2, 0.25) is 17.1 Å². The van der Waals surface area contributed by atoms with Crippen LogP contribution >= 0.6 is 11.8 Å². The van der Waals surface area contributed by atoms with Crippen molar-refractivity contribution in [1.82, 2.24) is 29.8 Å². The molecule has 0 radical (unpaired) electrons. The standard InChI is InChI=1S/C16H21N9OS/c1-9(12-19-14(17)21-15(20-12)24(2)3)27-16-23-22-13(25(16)18)10-5-7-11(26-4)8-6-10/h5-9H,18H2,1-4H3,(H2,17,19,20,21). The molecule has 3 rings (SSSR count). The second-order valence-corrected chi connectivity index (χ2v) is 7.22. The minimum atomic E-state index is -0.149. The first-order valence-electron chi connectivity index (χ1n) is 8.09. The van der Waals surface area contributed by atoms with Crippen LogP contribution in [-0.4, -0.2) is 51.0 Å². The highest BCUT2D eigenvalue weighted by Gasteiger charge is 2.19. The molecular formula is C16H21N9OS. The molecule has 2 heterocycles. The molecule has 1 aromatic carbocycles. The molecule has 11 heteroatoms. The highest BCUT2D eigenvalue weighted by molar-refractivity contribution is 7.99. The van der Waals surface area contributed by atoms with E-state index in [2.05, 4.69) is 25.1 Å². The number of ether oxygens (including phenoxy) is 1. The highest BCUT2D eigenvalue weighted by atomic mass is 32.2. The van der Waals surface area contributed by atoms with E-state index in [9.17, 15) is 0 Å². The SMILES string of the molecule is COc1ccc(-c2nnc(SC(C)c3nc(N)nc(N(C)C)n3)n2N)cc1. The second kappa shape index (κ2) is 7.66. The van der Waals surface area contributed by atoms with Crippen LogP contribution in [0.4, 0.5) is 11.9 Å². The van der Waals surface area contributed by atoms with Crippen molar-refractivity contribution in [3.05, 3.63) is 30.1 Å². The van der Waals surface area contributed by atoms with Crippen molar-refractivity contribution in [2.24, 2.45) is 0 Å². The van der Waals surface area contributed by atoms with Gasteiger partial charge >= 0.3 is 0 Å². The van der Waals surface area contributed by atoms with Crippen LogP contribution in [-0.2, 0) is 0 Å². The first-order chi connectivity index (χ1) is 12.9. The highest BCUT2D eigenvalue weighted by Crippen LogP contribution is 2.33. The van der Waals surface area contributed by atoms with Crippen molar-refractivity contribution in [1.29, 1.82) is 0 Å². The number of anilines is 2. The number of methoxy groups -OCH3 is 1. The molecule has 0 aliphatic heterocycles. The van der Waals surface area contributed by atoms with E-state index in [1.807, 2.05) is 45.3 Å². The molecular weight excluding hydrogens is 366 g/mol. The molecule has 1 atom stereocenters. The summed E-state index contributed by atoms with van der Waals surface area (Å²) in [6, 6.07) is 7.44. The summed E-state index contributed by atoms with van der Waals surface area (Å²) < 4.78 is 6.61. The van der Waals surface area contributed by atoms with Crippen LogP contribution in [0.25, 0.3) is 11.4 Å². The Labute approximate surface area is 161 Å². The fraction of sp³-hybridized carbons (Fsp3) is 0.312. The summed E-state index contributed by atoms with van der Waals surface area (Å²) >= 11 is 1.39. The fourth-order valence-corrected chi connectivity index (χ4v) is 3.10. The predicted molar refractivity (Wildman–Crippen MR) is 105 cm³/mol. The van der Waals surface area contributed by atoms with Crippen LogP contribution in [0, 0.1) is 0 Å². The van der Waals surface area contributed by atoms with Gasteiger partial charge in [0.15, 0.2) is 5.82 Å². The van der Waals surface area contributed by atoms with Gasteiger partial charge in [0.25, 0.3) is 0 Å². The molecule has 27 heavy (non-hydrogen) atoms. The molecule has 0 fully saturated rings. The molecule has 4 N–H and O–H groups in total. The number of nitrogen functional groups attached to an aromatic ring is 2. The third kappa shape index (κ3) is 4.03. The Morgan fingerprint density at radius 2 is 1.81 bits per heavy atom. The number of nitrogens with zero attached hydrogens (tertiary/aromatic N) is 7. The first-order valence-corrected chi connectivity index (χ1v) is 8.97. The Morgan fingerprint density at radius 1 is 1.11 bits per heavy atom. The van der Waals surface area contributed by atoms with E-state index in [0.29, 0.717) is 22.8 Å². The number of hydrogen-bond donors (Lipinski definition) is 2. The van der Waals surface area contributed by atoms with Crippen LogP contribution in [0.3, 0.4) is 0 Å². The van der Waals surface area contributed by atoms with Crippen LogP contribution in [0.1, 0.15) is 18.0 Å². The molecule has 0 aliphatic carbocycles. The molecule has 0 aliphatic rings. The summed E-state index contributed by atoms with van der Waals surface area (Å²) in [7, 11) is 5.30. The Morgan fingerprint density at radius 3 is 2.44 bits per heavy atom. The Kier molecular flexibility index (Phi) is 5.31. The van der Waals surface area contributed by atoms with Crippen molar-refractivity contribution in [2.75, 3.05) is 37.7 Å². The summed E-state index contributed by atoms with van der Waals surface area (Å²) in [6.45, 7) is 1.95. The van der Waals surface area contributed by atoms with E-state index in [1.54, 1.807) is 12.0 Å². The van der Waals surface area contributed by atoms with Crippen LogP contribution in [0.15, 0.2) is 29.4 Å². The lowest BCUT2D eigenvalue weighted by Gasteiger charge is -2.14. The van der Waals surface area contributed by atoms with E-state index >= 15 is 0 Å². The van der Waals surface area contributed by atoms with Gasteiger partial charge in [-0.1, -0.05) is 11.8 Å². The topological polar surface area (TPSA) is 134 Å². The Bertz CT molecular complexity index is 926. The largest absolute Gasteiger partial charge is 0.497 e. The molecule has 0 saturated heterocycles. The predicted octanol–water partition coefficient (Wildman–Crippen LogP) is 1.35. The van der Waals surface area contributed by atoms with E-state index in [0.717, 1.165) is 11.3 Å². The Hall–Kier alpha value is -3.08. The van der Waals surface area contributed by atoms with Gasteiger partial charge in [0.1, 0.15) is 11.6 Å². The lowest BCUT2D eigenvalue weighted by atomic mass is 10.2. The van der Waals surface area contributed by atoms with Gasteiger partial charge in [0.05, 0.1) is 12.4 Å². The summed E-state index contributed by atoms with van der Waals surface area (Å²) in [6.07, 6.45) is 0. The molecule has 2 aromatic heterocycles. The average molecular weight is 387 g/mol. The molecule has 0 amide bonds. The molecule has 1 unspecified atom stereocenters. The minimum Gasteiger partial charge on any atom is -0.497 e. The molecule has 0 bridgehead atoms. The van der Waals surface area contributed by atoms with E-state index < -0.39 is 0 Å². The maximum atomic E-state index is 6.19. The monoisotopic (exact) mass is 387 g/mol. The number of nitrogens with two attached hydrogens (primary N) is 2. The van der Waals surface area contributed by atoms with Gasteiger partial charge in [-0.25, -0.2) is 4.68 Å². The Balaban J connectivity index is 1.83. The van der Waals surface area contributed by atoms with E-state index in [-0.39, 0.29) is 11.2 Å². The van der Waals surface area contributed by atoms with E-state index in [4.69, 9.17) is 16.3 Å². The van der Waals surface area contributed by atoms with Crippen molar-refractivity contribution in [3.8, 4) is 17.1 Å². The first kappa shape index (κ1) is 18.7. The zero-order chi connectivity index (χ0) is 19.6. The molecule has 3 aromatic rings. The van der Waals surface area contributed by atoms with Gasteiger partial charge in [-0.2, -0.15) is 15.0 Å². The number of aromatic nitrogens is 6. The summed E-state index contributed by atoms with van der Waals surface area (Å²) in [5, 5.41) is 8.77. The molecule has 10 nitrogen and oxygen atoms in total. The van der Waals surface area contributed by atoms with Gasteiger partial charge in [-0.15, -0.1) is 10.2 Å². The zero-order valence-corrected chi connectivity index (χ0v) is 16.3. The second-order valence-electron chi connectivity index (χ2n) is 5.91. The zero-order valence-electron chi connectivity index (χ0n) is 15.5. The van der Waals surface area contributed by atoms with Crippen molar-refractivity contribution in [2.45, 2.75) is 17.3 Å². The lowest BCUT2D eigenvalue weighted by molar-refractivity contribution is 0.415. The average Bonchev–Trinajstić information content (AvgIpc) is 3.01. The number of rotatable bonds is 6. The quantitative estimate of drug-likeness (QED) is 0.471. The summed E-state index contributed by atoms with van der Waals surface area (Å²) in [4.78, 5) is 14.5. The van der Waals surface area contributed by atoms with Gasteiger partial charge < -0.3 is 21.2 Å². The number of thioether (sulfide) groups is 1. The van der Waals surface area contributed by atoms with Gasteiger partial charge in [-0.05, 0) is 31.2 Å². The summed E-state index contributed by atoms with van der Waals surface area (Å²) in [5.41, 5.74) is 6.63. The minimum absolute atomic E-state index is 0.149. The van der Waals surface area contributed by atoms with Crippen molar-refractivity contribution >= 4 is 23.7 Å². The normalized spacial score (nSPS) is 12.0. The number of benzene rings is 1. The third-order valence-electron chi connectivity index (χ3n) is 3.72. The number of hydrogen-bond acceptors (Lipinski definition) is 10. The van der Waals surface area contributed by atoms with Crippen LogP contribution in [0.5, 0.6) is 5.75 Å². The van der Waals surface area contributed by atoms with Gasteiger partial charge in [0, 0.05) is 19.7 Å². The summed E-state index contributed by atoms with van der Waals surface area (Å²) in [5.74, 6) is 8.72. The molecule has 142 valence electrons. The maximum Gasteiger partial charge on any atom is 0.229 e. The third-order valence-corrected chi connectivity index (χ3v) is 4.77. The fourth-order valence-electron chi connectivity index (χ4n) is 2.28. The van der Waals surface area contributed by atoms with Crippen LogP contribution in [0.2, 0.25) is 0 Å². The van der Waals surface area contributed by atoms with Gasteiger partial charge in [-0.3, -0.25) is 0 Å². The van der Waals surface area contributed by atoms with E-state index in [1.165, 1.54) is 16.4 Å². The molecule has 0 saturated carbocycles. The smallest absolute Gasteiger partial charge is 0.229 e. The lowest BCUT2D eigenvalue weighted by Crippen LogP contribution is -2.17. The maximum absolute atomic E-state index is 6.19.